The van der Waals surface area contributed by atoms with Gasteiger partial charge in [-0.15, -0.1) is 0 Å². The molecule has 102 valence electrons. The minimum absolute atomic E-state index is 0.478. The first-order valence-corrected chi connectivity index (χ1v) is 6.89. The normalized spacial score (nSPS) is 11.2. The van der Waals surface area contributed by atoms with Crippen molar-refractivity contribution in [1.82, 2.24) is 19.9 Å². The second-order valence-corrected chi connectivity index (χ2v) is 5.06. The number of aryl methyl sites for hydroxylation is 1. The molecule has 0 unspecified atom stereocenters. The van der Waals surface area contributed by atoms with E-state index in [2.05, 4.69) is 46.7 Å². The summed E-state index contributed by atoms with van der Waals surface area (Å²) in [6, 6.07) is 2.64. The molecule has 19 heavy (non-hydrogen) atoms. The van der Waals surface area contributed by atoms with E-state index in [1.165, 1.54) is 5.56 Å². The topological polar surface area (TPSA) is 42.7 Å². The van der Waals surface area contributed by atoms with Crippen molar-refractivity contribution < 1.29 is 0 Å². The summed E-state index contributed by atoms with van der Waals surface area (Å²) in [5.74, 6) is 1.00. The number of nitrogens with zero attached hydrogens (tertiary/aromatic N) is 3. The van der Waals surface area contributed by atoms with Crippen LogP contribution in [-0.4, -0.2) is 20.6 Å². The standard InChI is InChI=1S/C15H22N4/c1-4-6-19-7-5-17-15(19)14-8-13(9-16-11-14)10-18-12(2)3/h5,7-9,11-12,18H,4,6,10H2,1-3H3. The van der Waals surface area contributed by atoms with Gasteiger partial charge < -0.3 is 9.88 Å². The first-order chi connectivity index (χ1) is 9.20. The molecule has 0 aliphatic carbocycles. The van der Waals surface area contributed by atoms with Gasteiger partial charge in [-0.2, -0.15) is 0 Å². The average Bonchev–Trinajstić information content (AvgIpc) is 2.85. The molecule has 2 rings (SSSR count). The summed E-state index contributed by atoms with van der Waals surface area (Å²) in [5, 5.41) is 3.41. The number of pyridine rings is 1. The molecule has 0 spiro atoms. The Morgan fingerprint density at radius 1 is 1.32 bits per heavy atom. The molecule has 0 radical (unpaired) electrons. The first kappa shape index (κ1) is 13.7. The van der Waals surface area contributed by atoms with Crippen molar-refractivity contribution in [1.29, 1.82) is 0 Å². The molecule has 1 N–H and O–H groups in total. The Kier molecular flexibility index (Phi) is 4.68. The van der Waals surface area contributed by atoms with Crippen LogP contribution in [0, 0.1) is 0 Å². The van der Waals surface area contributed by atoms with Crippen molar-refractivity contribution in [2.75, 3.05) is 0 Å². The Morgan fingerprint density at radius 2 is 2.16 bits per heavy atom. The van der Waals surface area contributed by atoms with Crippen molar-refractivity contribution in [2.45, 2.75) is 46.3 Å². The maximum atomic E-state index is 4.44. The van der Waals surface area contributed by atoms with E-state index >= 15 is 0 Å². The largest absolute Gasteiger partial charge is 0.331 e. The average molecular weight is 258 g/mol. The summed E-state index contributed by atoms with van der Waals surface area (Å²) in [4.78, 5) is 8.77. The minimum Gasteiger partial charge on any atom is -0.331 e. The van der Waals surface area contributed by atoms with Crippen LogP contribution in [0.1, 0.15) is 32.8 Å². The van der Waals surface area contributed by atoms with Gasteiger partial charge in [0.25, 0.3) is 0 Å². The van der Waals surface area contributed by atoms with Crippen LogP contribution in [0.5, 0.6) is 0 Å². The summed E-state index contributed by atoms with van der Waals surface area (Å²) < 4.78 is 2.18. The summed E-state index contributed by atoms with van der Waals surface area (Å²) in [7, 11) is 0. The van der Waals surface area contributed by atoms with E-state index in [-0.39, 0.29) is 0 Å². The van der Waals surface area contributed by atoms with Crippen molar-refractivity contribution in [3.05, 3.63) is 36.4 Å². The molecule has 0 saturated carbocycles. The van der Waals surface area contributed by atoms with E-state index in [4.69, 9.17) is 0 Å². The summed E-state index contributed by atoms with van der Waals surface area (Å²) in [6.45, 7) is 8.29. The van der Waals surface area contributed by atoms with Crippen LogP contribution in [-0.2, 0) is 13.1 Å². The molecule has 0 aliphatic rings. The van der Waals surface area contributed by atoms with Crippen molar-refractivity contribution in [3.8, 4) is 11.4 Å². The number of hydrogen-bond donors (Lipinski definition) is 1. The van der Waals surface area contributed by atoms with Gasteiger partial charge in [-0.3, -0.25) is 4.98 Å². The predicted octanol–water partition coefficient (Wildman–Crippen LogP) is 2.85. The van der Waals surface area contributed by atoms with Crippen molar-refractivity contribution in [2.24, 2.45) is 0 Å². The van der Waals surface area contributed by atoms with Crippen LogP contribution in [0.25, 0.3) is 11.4 Å². The van der Waals surface area contributed by atoms with Crippen LogP contribution in [0.2, 0.25) is 0 Å². The Labute approximate surface area is 114 Å². The predicted molar refractivity (Wildman–Crippen MR) is 77.7 cm³/mol. The highest BCUT2D eigenvalue weighted by Crippen LogP contribution is 2.18. The smallest absolute Gasteiger partial charge is 0.141 e. The highest BCUT2D eigenvalue weighted by atomic mass is 15.1. The lowest BCUT2D eigenvalue weighted by Gasteiger charge is -2.10. The Morgan fingerprint density at radius 3 is 2.89 bits per heavy atom. The van der Waals surface area contributed by atoms with Crippen molar-refractivity contribution >= 4 is 0 Å². The second-order valence-electron chi connectivity index (χ2n) is 5.06. The number of aromatic nitrogens is 3. The minimum atomic E-state index is 0.478. The van der Waals surface area contributed by atoms with E-state index in [9.17, 15) is 0 Å². The molecule has 2 aromatic rings. The van der Waals surface area contributed by atoms with Gasteiger partial charge in [-0.1, -0.05) is 20.8 Å². The zero-order chi connectivity index (χ0) is 13.7. The zero-order valence-corrected chi connectivity index (χ0v) is 11.9. The molecule has 2 aromatic heterocycles. The summed E-state index contributed by atoms with van der Waals surface area (Å²) in [5.41, 5.74) is 2.28. The molecule has 4 nitrogen and oxygen atoms in total. The molecule has 0 bridgehead atoms. The van der Waals surface area contributed by atoms with E-state index in [1.807, 2.05) is 24.8 Å². The summed E-state index contributed by atoms with van der Waals surface area (Å²) in [6.07, 6.45) is 8.77. The fourth-order valence-electron chi connectivity index (χ4n) is 2.02. The highest BCUT2D eigenvalue weighted by Gasteiger charge is 2.06. The SMILES string of the molecule is CCCn1ccnc1-c1cncc(CNC(C)C)c1. The van der Waals surface area contributed by atoms with E-state index in [1.54, 1.807) is 0 Å². The zero-order valence-electron chi connectivity index (χ0n) is 11.9. The molecule has 0 atom stereocenters. The number of nitrogens with one attached hydrogen (secondary N) is 1. The number of hydrogen-bond acceptors (Lipinski definition) is 3. The first-order valence-electron chi connectivity index (χ1n) is 6.89. The third kappa shape index (κ3) is 3.64. The highest BCUT2D eigenvalue weighted by molar-refractivity contribution is 5.55. The van der Waals surface area contributed by atoms with Crippen LogP contribution in [0.4, 0.5) is 0 Å². The van der Waals surface area contributed by atoms with E-state index in [0.717, 1.165) is 30.9 Å². The maximum Gasteiger partial charge on any atom is 0.141 e. The van der Waals surface area contributed by atoms with Gasteiger partial charge in [0, 0.05) is 49.5 Å². The van der Waals surface area contributed by atoms with Crippen LogP contribution < -0.4 is 5.32 Å². The third-order valence-corrected chi connectivity index (χ3v) is 2.95. The van der Waals surface area contributed by atoms with E-state index < -0.39 is 0 Å². The second kappa shape index (κ2) is 6.48. The van der Waals surface area contributed by atoms with Gasteiger partial charge in [0.15, 0.2) is 0 Å². The van der Waals surface area contributed by atoms with Gasteiger partial charge in [-0.25, -0.2) is 4.98 Å². The molecule has 0 amide bonds. The molecule has 2 heterocycles. The monoisotopic (exact) mass is 258 g/mol. The Hall–Kier alpha value is -1.68. The van der Waals surface area contributed by atoms with Crippen LogP contribution >= 0.6 is 0 Å². The van der Waals surface area contributed by atoms with Gasteiger partial charge in [0.1, 0.15) is 5.82 Å². The third-order valence-electron chi connectivity index (χ3n) is 2.95. The van der Waals surface area contributed by atoms with Gasteiger partial charge in [0.2, 0.25) is 0 Å². The van der Waals surface area contributed by atoms with Gasteiger partial charge in [-0.05, 0) is 18.1 Å². The fourth-order valence-corrected chi connectivity index (χ4v) is 2.02. The molecule has 4 heteroatoms. The summed E-state index contributed by atoms with van der Waals surface area (Å²) >= 11 is 0. The van der Waals surface area contributed by atoms with Crippen LogP contribution in [0.3, 0.4) is 0 Å². The van der Waals surface area contributed by atoms with Gasteiger partial charge >= 0.3 is 0 Å². The molecule has 0 aromatic carbocycles. The molecule has 0 aliphatic heterocycles. The molecule has 0 fully saturated rings. The Balaban J connectivity index is 2.20. The lowest BCUT2D eigenvalue weighted by Crippen LogP contribution is -2.21. The lowest BCUT2D eigenvalue weighted by atomic mass is 10.2. The Bertz CT molecular complexity index is 516. The van der Waals surface area contributed by atoms with E-state index in [0.29, 0.717) is 6.04 Å². The molecule has 0 saturated heterocycles. The van der Waals surface area contributed by atoms with Crippen molar-refractivity contribution in [3.63, 3.8) is 0 Å². The number of imidazole rings is 1. The lowest BCUT2D eigenvalue weighted by molar-refractivity contribution is 0.588. The molecular formula is C15H22N4. The van der Waals surface area contributed by atoms with Gasteiger partial charge in [0.05, 0.1) is 0 Å². The maximum absolute atomic E-state index is 4.44. The quantitative estimate of drug-likeness (QED) is 0.866. The molecular weight excluding hydrogens is 236 g/mol. The fraction of sp³-hybridized carbons (Fsp3) is 0.467. The number of rotatable bonds is 6. The van der Waals surface area contributed by atoms with Crippen LogP contribution in [0.15, 0.2) is 30.9 Å².